The van der Waals surface area contributed by atoms with Gasteiger partial charge in [-0.15, -0.1) is 11.3 Å². The predicted octanol–water partition coefficient (Wildman–Crippen LogP) is 1.85. The van der Waals surface area contributed by atoms with E-state index in [2.05, 4.69) is 15.0 Å². The van der Waals surface area contributed by atoms with Crippen molar-refractivity contribution in [1.29, 1.82) is 0 Å². The molecule has 1 N–H and O–H groups in total. The molecule has 3 heterocycles. The second-order valence-electron chi connectivity index (χ2n) is 5.85. The summed E-state index contributed by atoms with van der Waals surface area (Å²) in [7, 11) is 0. The lowest BCUT2D eigenvalue weighted by Gasteiger charge is -2.19. The molecule has 1 saturated heterocycles. The van der Waals surface area contributed by atoms with E-state index in [0.29, 0.717) is 34.4 Å². The molecule has 0 aliphatic carbocycles. The lowest BCUT2D eigenvalue weighted by Crippen LogP contribution is -2.34. The van der Waals surface area contributed by atoms with Gasteiger partial charge in [-0.25, -0.2) is 15.0 Å². The first-order valence-electron chi connectivity index (χ1n) is 7.18. The van der Waals surface area contributed by atoms with Crippen LogP contribution in [0.2, 0.25) is 0 Å². The molecule has 7 nitrogen and oxygen atoms in total. The largest absolute Gasteiger partial charge is 0.481 e. The summed E-state index contributed by atoms with van der Waals surface area (Å²) in [5, 5.41) is 9.88. The van der Waals surface area contributed by atoms with E-state index in [4.69, 9.17) is 0 Å². The molecule has 2 aromatic rings. The molecule has 2 aromatic heterocycles. The van der Waals surface area contributed by atoms with Crippen LogP contribution in [-0.4, -0.2) is 49.9 Å². The molecule has 1 aliphatic heterocycles. The minimum Gasteiger partial charge on any atom is -0.481 e. The molecule has 3 rings (SSSR count). The molecule has 1 atom stereocenters. The van der Waals surface area contributed by atoms with Gasteiger partial charge in [0, 0.05) is 25.5 Å². The highest BCUT2D eigenvalue weighted by Gasteiger charge is 2.42. The topological polar surface area (TPSA) is 96.3 Å². The Balaban J connectivity index is 1.84. The summed E-state index contributed by atoms with van der Waals surface area (Å²) in [5.41, 5.74) is -0.258. The third-order valence-electron chi connectivity index (χ3n) is 4.02. The van der Waals surface area contributed by atoms with Crippen LogP contribution in [0.3, 0.4) is 0 Å². The maximum atomic E-state index is 12.7. The van der Waals surface area contributed by atoms with Gasteiger partial charge in [0.25, 0.3) is 5.91 Å². The maximum absolute atomic E-state index is 12.7. The van der Waals surface area contributed by atoms with E-state index < -0.39 is 11.4 Å². The zero-order chi connectivity index (χ0) is 16.6. The number of nitrogens with zero attached hydrogens (tertiary/aromatic N) is 4. The Kier molecular flexibility index (Phi) is 3.85. The number of carboxylic acids is 1. The Hall–Kier alpha value is -2.35. The molecule has 8 heteroatoms. The first-order valence-corrected chi connectivity index (χ1v) is 8.00. The SMILES string of the molecule is Cc1nc(-c2ncccn2)sc1C(=O)N1CCC(C)(C(=O)O)C1. The van der Waals surface area contributed by atoms with Crippen LogP contribution in [-0.2, 0) is 4.79 Å². The Bertz CT molecular complexity index is 761. The molecule has 1 amide bonds. The summed E-state index contributed by atoms with van der Waals surface area (Å²) >= 11 is 1.24. The van der Waals surface area contributed by atoms with E-state index in [1.54, 1.807) is 37.2 Å². The summed E-state index contributed by atoms with van der Waals surface area (Å²) in [4.78, 5) is 38.8. The Morgan fingerprint density at radius 2 is 2.04 bits per heavy atom. The van der Waals surface area contributed by atoms with Crippen molar-refractivity contribution in [2.45, 2.75) is 20.3 Å². The molecule has 1 unspecified atom stereocenters. The molecular formula is C15H16N4O3S. The van der Waals surface area contributed by atoms with Gasteiger partial charge in [-0.3, -0.25) is 9.59 Å². The predicted molar refractivity (Wildman–Crippen MR) is 84.1 cm³/mol. The van der Waals surface area contributed by atoms with Gasteiger partial charge in [0.2, 0.25) is 0 Å². The van der Waals surface area contributed by atoms with Crippen LogP contribution in [0.25, 0.3) is 10.8 Å². The number of hydrogen-bond acceptors (Lipinski definition) is 6. The van der Waals surface area contributed by atoms with Gasteiger partial charge in [-0.1, -0.05) is 0 Å². The Morgan fingerprint density at radius 3 is 2.65 bits per heavy atom. The fourth-order valence-corrected chi connectivity index (χ4v) is 3.54. The monoisotopic (exact) mass is 332 g/mol. The van der Waals surface area contributed by atoms with Crippen LogP contribution >= 0.6 is 11.3 Å². The molecule has 1 fully saturated rings. The summed E-state index contributed by atoms with van der Waals surface area (Å²) in [5.74, 6) is -0.559. The number of thiazole rings is 1. The quantitative estimate of drug-likeness (QED) is 0.921. The second-order valence-corrected chi connectivity index (χ2v) is 6.85. The number of hydrogen-bond donors (Lipinski definition) is 1. The molecule has 0 saturated carbocycles. The van der Waals surface area contributed by atoms with E-state index in [1.165, 1.54) is 11.3 Å². The maximum Gasteiger partial charge on any atom is 0.311 e. The lowest BCUT2D eigenvalue weighted by atomic mass is 9.90. The van der Waals surface area contributed by atoms with Gasteiger partial charge in [0.15, 0.2) is 10.8 Å². The van der Waals surface area contributed by atoms with Crippen LogP contribution < -0.4 is 0 Å². The minimum absolute atomic E-state index is 0.174. The van der Waals surface area contributed by atoms with Crippen molar-refractivity contribution in [3.05, 3.63) is 29.0 Å². The number of aromatic nitrogens is 3. The van der Waals surface area contributed by atoms with Crippen molar-refractivity contribution >= 4 is 23.2 Å². The fraction of sp³-hybridized carbons (Fsp3) is 0.400. The zero-order valence-corrected chi connectivity index (χ0v) is 13.6. The van der Waals surface area contributed by atoms with E-state index in [1.807, 2.05) is 0 Å². The summed E-state index contributed by atoms with van der Waals surface area (Å²) in [6, 6.07) is 1.72. The molecular weight excluding hydrogens is 316 g/mol. The Morgan fingerprint density at radius 1 is 1.35 bits per heavy atom. The summed E-state index contributed by atoms with van der Waals surface area (Å²) in [6.45, 7) is 4.10. The van der Waals surface area contributed by atoms with E-state index in [0.717, 1.165) is 0 Å². The minimum atomic E-state index is -0.875. The third kappa shape index (κ3) is 2.81. The van der Waals surface area contributed by atoms with Gasteiger partial charge in [0.05, 0.1) is 11.1 Å². The fourth-order valence-electron chi connectivity index (χ4n) is 2.55. The van der Waals surface area contributed by atoms with E-state index in [9.17, 15) is 14.7 Å². The molecule has 0 aromatic carbocycles. The lowest BCUT2D eigenvalue weighted by molar-refractivity contribution is -0.147. The zero-order valence-electron chi connectivity index (χ0n) is 12.8. The third-order valence-corrected chi connectivity index (χ3v) is 5.17. The number of aryl methyl sites for hydroxylation is 1. The van der Waals surface area contributed by atoms with Crippen molar-refractivity contribution in [3.8, 4) is 10.8 Å². The van der Waals surface area contributed by atoms with Crippen LogP contribution in [0.5, 0.6) is 0 Å². The van der Waals surface area contributed by atoms with Gasteiger partial charge in [-0.05, 0) is 26.3 Å². The average Bonchev–Trinajstić information content (AvgIpc) is 3.12. The molecule has 120 valence electrons. The highest BCUT2D eigenvalue weighted by Crippen LogP contribution is 2.33. The Labute approximate surface area is 137 Å². The standard InChI is InChI=1S/C15H16N4O3S/c1-9-10(23-12(18-9)11-16-5-3-6-17-11)13(20)19-7-4-15(2,8-19)14(21)22/h3,5-6H,4,7-8H2,1-2H3,(H,21,22). The van der Waals surface area contributed by atoms with Gasteiger partial charge in [-0.2, -0.15) is 0 Å². The first-order chi connectivity index (χ1) is 10.9. The van der Waals surface area contributed by atoms with E-state index in [-0.39, 0.29) is 12.5 Å². The highest BCUT2D eigenvalue weighted by atomic mass is 32.1. The van der Waals surface area contributed by atoms with Gasteiger partial charge < -0.3 is 10.0 Å². The van der Waals surface area contributed by atoms with Crippen LogP contribution in [0, 0.1) is 12.3 Å². The van der Waals surface area contributed by atoms with Gasteiger partial charge in [0.1, 0.15) is 4.88 Å². The molecule has 0 spiro atoms. The summed E-state index contributed by atoms with van der Waals surface area (Å²) < 4.78 is 0. The number of carbonyl (C=O) groups excluding carboxylic acids is 1. The molecule has 0 radical (unpaired) electrons. The summed E-state index contributed by atoms with van der Waals surface area (Å²) in [6.07, 6.45) is 3.71. The number of carbonyl (C=O) groups is 2. The molecule has 1 aliphatic rings. The highest BCUT2D eigenvalue weighted by molar-refractivity contribution is 7.17. The number of aliphatic carboxylic acids is 1. The average molecular weight is 332 g/mol. The number of carboxylic acid groups (broad SMARTS) is 1. The smallest absolute Gasteiger partial charge is 0.311 e. The van der Waals surface area contributed by atoms with Crippen molar-refractivity contribution < 1.29 is 14.7 Å². The number of likely N-dealkylation sites (tertiary alicyclic amines) is 1. The van der Waals surface area contributed by atoms with Gasteiger partial charge >= 0.3 is 5.97 Å². The molecule has 0 bridgehead atoms. The molecule has 23 heavy (non-hydrogen) atoms. The van der Waals surface area contributed by atoms with Crippen molar-refractivity contribution in [3.63, 3.8) is 0 Å². The van der Waals surface area contributed by atoms with Crippen LogP contribution in [0.1, 0.15) is 28.7 Å². The van der Waals surface area contributed by atoms with Crippen molar-refractivity contribution in [2.75, 3.05) is 13.1 Å². The first kappa shape index (κ1) is 15.5. The van der Waals surface area contributed by atoms with E-state index >= 15 is 0 Å². The van der Waals surface area contributed by atoms with Crippen molar-refractivity contribution in [1.82, 2.24) is 19.9 Å². The second kappa shape index (κ2) is 5.69. The number of amides is 1. The normalized spacial score (nSPS) is 20.7. The van der Waals surface area contributed by atoms with Crippen LogP contribution in [0.15, 0.2) is 18.5 Å². The number of rotatable bonds is 3. The van der Waals surface area contributed by atoms with Crippen molar-refractivity contribution in [2.24, 2.45) is 5.41 Å². The van der Waals surface area contributed by atoms with Crippen LogP contribution in [0.4, 0.5) is 0 Å².